The van der Waals surface area contributed by atoms with Crippen molar-refractivity contribution >= 4 is 32.5 Å². The van der Waals surface area contributed by atoms with Crippen molar-refractivity contribution < 1.29 is 22.7 Å². The van der Waals surface area contributed by atoms with E-state index in [9.17, 15) is 22.7 Å². The Morgan fingerprint density at radius 1 is 1.24 bits per heavy atom. The van der Waals surface area contributed by atoms with Crippen molar-refractivity contribution in [1.29, 1.82) is 0 Å². The molecule has 4 rings (SSSR count). The van der Waals surface area contributed by atoms with E-state index in [1.807, 2.05) is 0 Å². The third kappa shape index (κ3) is 3.38. The molecule has 1 aromatic heterocycles. The molecule has 0 aliphatic carbocycles. The van der Waals surface area contributed by atoms with E-state index in [0.717, 1.165) is 0 Å². The number of rotatable bonds is 5. The van der Waals surface area contributed by atoms with E-state index in [1.165, 1.54) is 30.2 Å². The summed E-state index contributed by atoms with van der Waals surface area (Å²) >= 11 is 0. The molecule has 1 aliphatic rings. The van der Waals surface area contributed by atoms with Crippen LogP contribution in [-0.2, 0) is 23.1 Å². The fraction of sp³-hybridized carbons (Fsp3) is 0.200. The molecular weight excluding hydrogens is 397 g/mol. The Bertz CT molecular complexity index is 1230. The molecule has 2 N–H and O–H groups in total. The Balaban J connectivity index is 1.83. The number of sulfonamides is 1. The summed E-state index contributed by atoms with van der Waals surface area (Å²) in [6, 6.07) is 9.03. The number of hydrogen-bond donors (Lipinski definition) is 2. The molecule has 0 radical (unpaired) electrons. The average molecular weight is 415 g/mol. The Labute approximate surface area is 166 Å². The zero-order chi connectivity index (χ0) is 20.8. The molecule has 0 saturated heterocycles. The minimum absolute atomic E-state index is 0.0344. The van der Waals surface area contributed by atoms with E-state index in [2.05, 4.69) is 9.71 Å². The minimum Gasteiger partial charge on any atom is -0.505 e. The van der Waals surface area contributed by atoms with Crippen LogP contribution in [-0.4, -0.2) is 35.1 Å². The van der Waals surface area contributed by atoms with Crippen LogP contribution in [0.15, 0.2) is 42.6 Å². The van der Waals surface area contributed by atoms with Gasteiger partial charge in [0.1, 0.15) is 11.3 Å². The maximum Gasteiger partial charge on any atom is 0.258 e. The van der Waals surface area contributed by atoms with Gasteiger partial charge in [-0.2, -0.15) is 0 Å². The van der Waals surface area contributed by atoms with Gasteiger partial charge < -0.3 is 10.0 Å². The fourth-order valence-electron chi connectivity index (χ4n) is 3.44. The smallest absolute Gasteiger partial charge is 0.258 e. The van der Waals surface area contributed by atoms with E-state index in [-0.39, 0.29) is 47.2 Å². The highest BCUT2D eigenvalue weighted by atomic mass is 32.2. The van der Waals surface area contributed by atoms with E-state index >= 15 is 0 Å². The topological polar surface area (TPSA) is 99.6 Å². The van der Waals surface area contributed by atoms with Crippen LogP contribution in [0.3, 0.4) is 0 Å². The van der Waals surface area contributed by atoms with Crippen LogP contribution in [0.5, 0.6) is 5.75 Å². The number of fused-ring (bicyclic) bond motifs is 2. The number of carbonyl (C=O) groups excluding carboxylic acids is 1. The molecule has 0 atom stereocenters. The lowest BCUT2D eigenvalue weighted by Gasteiger charge is -2.16. The normalized spacial score (nSPS) is 13.7. The van der Waals surface area contributed by atoms with Crippen LogP contribution in [0, 0.1) is 5.82 Å². The van der Waals surface area contributed by atoms with Gasteiger partial charge in [0.2, 0.25) is 10.0 Å². The summed E-state index contributed by atoms with van der Waals surface area (Å²) in [4.78, 5) is 18.6. The summed E-state index contributed by atoms with van der Waals surface area (Å²) < 4.78 is 40.2. The highest BCUT2D eigenvalue weighted by Gasteiger charge is 2.35. The van der Waals surface area contributed by atoms with Gasteiger partial charge in [-0.3, -0.25) is 14.5 Å². The molecule has 150 valence electrons. The van der Waals surface area contributed by atoms with Crippen LogP contribution in [0.4, 0.5) is 10.1 Å². The number of pyridine rings is 1. The number of phenolic OH excluding ortho intramolecular Hbond substituents is 1. The molecule has 0 bridgehead atoms. The van der Waals surface area contributed by atoms with Crippen molar-refractivity contribution in [2.75, 3.05) is 10.5 Å². The summed E-state index contributed by atoms with van der Waals surface area (Å²) in [6.07, 6.45) is 1.46. The summed E-state index contributed by atoms with van der Waals surface area (Å²) in [6.45, 7) is 1.80. The second-order valence-corrected chi connectivity index (χ2v) is 8.78. The number of phenols is 1. The van der Waals surface area contributed by atoms with Crippen molar-refractivity contribution in [3.05, 3.63) is 65.1 Å². The van der Waals surface area contributed by atoms with Crippen molar-refractivity contribution in [3.63, 3.8) is 0 Å². The summed E-state index contributed by atoms with van der Waals surface area (Å²) in [5.74, 6) is -1.23. The molecular formula is C20H18FN3O4S. The molecule has 2 heterocycles. The number of carbonyl (C=O) groups is 1. The average Bonchev–Trinajstić information content (AvgIpc) is 3.03. The van der Waals surface area contributed by atoms with Crippen LogP contribution in [0.25, 0.3) is 10.9 Å². The molecule has 0 unspecified atom stereocenters. The summed E-state index contributed by atoms with van der Waals surface area (Å²) in [5.41, 5.74) is 1.54. The molecule has 0 fully saturated rings. The zero-order valence-electron chi connectivity index (χ0n) is 15.5. The fourth-order valence-corrected chi connectivity index (χ4v) is 4.12. The lowest BCUT2D eigenvalue weighted by Crippen LogP contribution is -2.23. The van der Waals surface area contributed by atoms with E-state index in [4.69, 9.17) is 0 Å². The maximum atomic E-state index is 13.2. The number of amides is 1. The monoisotopic (exact) mass is 415 g/mol. The number of nitrogens with one attached hydrogen (secondary N) is 1. The Hall–Kier alpha value is -3.20. The number of nitrogens with zero attached hydrogens (tertiary/aromatic N) is 2. The first kappa shape index (κ1) is 19.1. The molecule has 0 spiro atoms. The highest BCUT2D eigenvalue weighted by molar-refractivity contribution is 7.92. The second kappa shape index (κ2) is 7.00. The molecule has 29 heavy (non-hydrogen) atoms. The van der Waals surface area contributed by atoms with Crippen molar-refractivity contribution in [3.8, 4) is 5.75 Å². The number of benzene rings is 2. The standard InChI is InChI=1S/C20H18FN3O4S/c1-2-29(27,28)23-17-14-4-3-9-22-18(14)19(25)16-15(17)11-24(20(16)26)10-12-5-7-13(21)8-6-12/h3-9,23,25H,2,10-11H2,1H3. The first-order valence-corrected chi connectivity index (χ1v) is 10.6. The van der Waals surface area contributed by atoms with Crippen LogP contribution in [0.1, 0.15) is 28.4 Å². The van der Waals surface area contributed by atoms with E-state index in [1.54, 1.807) is 24.3 Å². The molecule has 3 aromatic rings. The van der Waals surface area contributed by atoms with Crippen LogP contribution in [0.2, 0.25) is 0 Å². The summed E-state index contributed by atoms with van der Waals surface area (Å²) in [7, 11) is -3.63. The number of hydrogen-bond acceptors (Lipinski definition) is 5. The van der Waals surface area contributed by atoms with Crippen LogP contribution >= 0.6 is 0 Å². The minimum atomic E-state index is -3.63. The molecule has 7 nitrogen and oxygen atoms in total. The van der Waals surface area contributed by atoms with Gasteiger partial charge in [-0.1, -0.05) is 12.1 Å². The zero-order valence-corrected chi connectivity index (χ0v) is 16.3. The van der Waals surface area contributed by atoms with Gasteiger partial charge in [0.25, 0.3) is 5.91 Å². The van der Waals surface area contributed by atoms with E-state index in [0.29, 0.717) is 16.5 Å². The lowest BCUT2D eigenvalue weighted by atomic mass is 10.0. The molecule has 0 saturated carbocycles. The van der Waals surface area contributed by atoms with Gasteiger partial charge in [-0.25, -0.2) is 12.8 Å². The third-order valence-corrected chi connectivity index (χ3v) is 6.19. The number of aromatic nitrogens is 1. The van der Waals surface area contributed by atoms with E-state index < -0.39 is 15.9 Å². The highest BCUT2D eigenvalue weighted by Crippen LogP contribution is 2.43. The van der Waals surface area contributed by atoms with Crippen LogP contribution < -0.4 is 4.72 Å². The van der Waals surface area contributed by atoms with Crippen molar-refractivity contribution in [2.24, 2.45) is 0 Å². The number of anilines is 1. The van der Waals surface area contributed by atoms with Gasteiger partial charge in [0.15, 0.2) is 5.75 Å². The van der Waals surface area contributed by atoms with Gasteiger partial charge in [0, 0.05) is 30.2 Å². The third-order valence-electron chi connectivity index (χ3n) is 4.92. The van der Waals surface area contributed by atoms with Gasteiger partial charge >= 0.3 is 0 Å². The maximum absolute atomic E-state index is 13.2. The second-order valence-electron chi connectivity index (χ2n) is 6.77. The Morgan fingerprint density at radius 2 is 1.97 bits per heavy atom. The predicted octanol–water partition coefficient (Wildman–Crippen LogP) is 3.00. The summed E-state index contributed by atoms with van der Waals surface area (Å²) in [5, 5.41) is 11.1. The lowest BCUT2D eigenvalue weighted by molar-refractivity contribution is 0.0764. The van der Waals surface area contributed by atoms with Crippen molar-refractivity contribution in [1.82, 2.24) is 9.88 Å². The Morgan fingerprint density at radius 3 is 2.66 bits per heavy atom. The first-order chi connectivity index (χ1) is 13.8. The SMILES string of the molecule is CCS(=O)(=O)Nc1c2c(c(O)c3ncccc13)C(=O)N(Cc1ccc(F)cc1)C2. The van der Waals surface area contributed by atoms with Gasteiger partial charge in [-0.15, -0.1) is 0 Å². The molecule has 1 amide bonds. The van der Waals surface area contributed by atoms with Crippen molar-refractivity contribution in [2.45, 2.75) is 20.0 Å². The van der Waals surface area contributed by atoms with Gasteiger partial charge in [0.05, 0.1) is 17.0 Å². The first-order valence-electron chi connectivity index (χ1n) is 8.97. The Kier molecular flexibility index (Phi) is 4.62. The molecule has 1 aliphatic heterocycles. The number of aromatic hydroxyl groups is 1. The number of halogens is 1. The predicted molar refractivity (Wildman–Crippen MR) is 106 cm³/mol. The molecule has 2 aromatic carbocycles. The molecule has 9 heteroatoms. The van der Waals surface area contributed by atoms with Gasteiger partial charge in [-0.05, 0) is 36.8 Å². The quantitative estimate of drug-likeness (QED) is 0.624. The largest absolute Gasteiger partial charge is 0.505 e.